The van der Waals surface area contributed by atoms with Crippen molar-refractivity contribution in [2.45, 2.75) is 32.2 Å². The Kier molecular flexibility index (Phi) is 7.40. The van der Waals surface area contributed by atoms with Crippen LogP contribution in [0.15, 0.2) is 18.2 Å². The van der Waals surface area contributed by atoms with E-state index in [1.165, 1.54) is 13.2 Å². The number of nitrogens with two attached hydrogens (primary N) is 1. The zero-order chi connectivity index (χ0) is 14.1. The van der Waals surface area contributed by atoms with Crippen molar-refractivity contribution < 1.29 is 13.9 Å². The van der Waals surface area contributed by atoms with Gasteiger partial charge in [0.1, 0.15) is 0 Å². The zero-order valence-electron chi connectivity index (χ0n) is 11.6. The second-order valence-corrected chi connectivity index (χ2v) is 4.44. The molecule has 0 saturated carbocycles. The van der Waals surface area contributed by atoms with E-state index in [0.29, 0.717) is 13.0 Å². The number of benzene rings is 1. The van der Waals surface area contributed by atoms with Crippen LogP contribution in [0.25, 0.3) is 0 Å². The summed E-state index contributed by atoms with van der Waals surface area (Å²) in [4.78, 5) is 0. The number of hydrazine groups is 1. The topological polar surface area (TPSA) is 56.5 Å². The lowest BCUT2D eigenvalue weighted by Crippen LogP contribution is -2.37. The number of hydrogen-bond donors (Lipinski definition) is 2. The Morgan fingerprint density at radius 3 is 2.74 bits per heavy atom. The van der Waals surface area contributed by atoms with Crippen LogP contribution in [0.4, 0.5) is 4.39 Å². The molecule has 1 atom stereocenters. The SMILES string of the molecule is CCCOCCC(Cc1ccc(OC)c(F)c1)NN. The number of rotatable bonds is 9. The predicted molar refractivity (Wildman–Crippen MR) is 73.5 cm³/mol. The van der Waals surface area contributed by atoms with Crippen molar-refractivity contribution in [3.05, 3.63) is 29.6 Å². The lowest BCUT2D eigenvalue weighted by molar-refractivity contribution is 0.124. The molecular formula is C14H23FN2O2. The molecule has 0 fully saturated rings. The molecule has 1 aromatic carbocycles. The van der Waals surface area contributed by atoms with Crippen molar-refractivity contribution >= 4 is 0 Å². The van der Waals surface area contributed by atoms with E-state index in [1.54, 1.807) is 6.07 Å². The maximum atomic E-state index is 13.6. The first-order valence-electron chi connectivity index (χ1n) is 6.57. The van der Waals surface area contributed by atoms with E-state index < -0.39 is 0 Å². The van der Waals surface area contributed by atoms with E-state index in [1.807, 2.05) is 6.07 Å². The van der Waals surface area contributed by atoms with Crippen LogP contribution in [-0.2, 0) is 11.2 Å². The molecule has 0 aliphatic heterocycles. The average Bonchev–Trinajstić information content (AvgIpc) is 2.42. The highest BCUT2D eigenvalue weighted by Gasteiger charge is 2.10. The molecule has 0 heterocycles. The highest BCUT2D eigenvalue weighted by Crippen LogP contribution is 2.18. The van der Waals surface area contributed by atoms with Crippen molar-refractivity contribution in [2.75, 3.05) is 20.3 Å². The van der Waals surface area contributed by atoms with Crippen molar-refractivity contribution in [3.8, 4) is 5.75 Å². The first-order chi connectivity index (χ1) is 9.21. The Hall–Kier alpha value is -1.17. The van der Waals surface area contributed by atoms with Gasteiger partial charge in [0.2, 0.25) is 0 Å². The molecule has 4 nitrogen and oxygen atoms in total. The number of nitrogens with one attached hydrogen (secondary N) is 1. The average molecular weight is 270 g/mol. The summed E-state index contributed by atoms with van der Waals surface area (Å²) in [6.45, 7) is 3.48. The fraction of sp³-hybridized carbons (Fsp3) is 0.571. The van der Waals surface area contributed by atoms with Gasteiger partial charge < -0.3 is 9.47 Å². The Balaban J connectivity index is 2.48. The fourth-order valence-corrected chi connectivity index (χ4v) is 1.84. The van der Waals surface area contributed by atoms with Crippen LogP contribution in [0.5, 0.6) is 5.75 Å². The Bertz CT molecular complexity index is 374. The molecule has 1 aromatic rings. The molecule has 19 heavy (non-hydrogen) atoms. The van der Waals surface area contributed by atoms with Crippen LogP contribution in [0.3, 0.4) is 0 Å². The summed E-state index contributed by atoms with van der Waals surface area (Å²) in [5.41, 5.74) is 3.63. The van der Waals surface area contributed by atoms with E-state index in [-0.39, 0.29) is 17.6 Å². The zero-order valence-corrected chi connectivity index (χ0v) is 11.6. The molecule has 3 N–H and O–H groups in total. The van der Waals surface area contributed by atoms with E-state index in [2.05, 4.69) is 12.3 Å². The summed E-state index contributed by atoms with van der Waals surface area (Å²) in [6.07, 6.45) is 2.46. The van der Waals surface area contributed by atoms with Crippen molar-refractivity contribution in [1.29, 1.82) is 0 Å². The molecule has 0 radical (unpaired) electrons. The monoisotopic (exact) mass is 270 g/mol. The molecule has 0 amide bonds. The van der Waals surface area contributed by atoms with Crippen molar-refractivity contribution in [2.24, 2.45) is 5.84 Å². The smallest absolute Gasteiger partial charge is 0.165 e. The summed E-state index contributed by atoms with van der Waals surface area (Å²) in [5.74, 6) is 5.41. The highest BCUT2D eigenvalue weighted by atomic mass is 19.1. The van der Waals surface area contributed by atoms with Gasteiger partial charge in [0.05, 0.1) is 7.11 Å². The predicted octanol–water partition coefficient (Wildman–Crippen LogP) is 2.03. The molecule has 0 spiro atoms. The number of halogens is 1. The largest absolute Gasteiger partial charge is 0.494 e. The number of methoxy groups -OCH3 is 1. The lowest BCUT2D eigenvalue weighted by Gasteiger charge is -2.16. The summed E-state index contributed by atoms with van der Waals surface area (Å²) in [7, 11) is 1.45. The Labute approximate surface area is 114 Å². The maximum Gasteiger partial charge on any atom is 0.165 e. The summed E-state index contributed by atoms with van der Waals surface area (Å²) >= 11 is 0. The van der Waals surface area contributed by atoms with Gasteiger partial charge in [-0.25, -0.2) is 4.39 Å². The molecule has 0 bridgehead atoms. The number of ether oxygens (including phenoxy) is 2. The third-order valence-electron chi connectivity index (χ3n) is 2.89. The molecular weight excluding hydrogens is 247 g/mol. The lowest BCUT2D eigenvalue weighted by atomic mass is 10.0. The molecule has 0 aliphatic rings. The third-order valence-corrected chi connectivity index (χ3v) is 2.89. The maximum absolute atomic E-state index is 13.6. The van der Waals surface area contributed by atoms with E-state index in [0.717, 1.165) is 25.0 Å². The highest BCUT2D eigenvalue weighted by molar-refractivity contribution is 5.29. The Morgan fingerprint density at radius 1 is 1.37 bits per heavy atom. The van der Waals surface area contributed by atoms with Gasteiger partial charge in [-0.15, -0.1) is 0 Å². The van der Waals surface area contributed by atoms with Gasteiger partial charge in [0, 0.05) is 19.3 Å². The summed E-state index contributed by atoms with van der Waals surface area (Å²) in [6, 6.07) is 5.03. The molecule has 0 saturated heterocycles. The minimum Gasteiger partial charge on any atom is -0.494 e. The van der Waals surface area contributed by atoms with Crippen LogP contribution in [0.2, 0.25) is 0 Å². The van der Waals surface area contributed by atoms with Crippen LogP contribution in [0, 0.1) is 5.82 Å². The van der Waals surface area contributed by atoms with Crippen molar-refractivity contribution in [1.82, 2.24) is 5.43 Å². The first-order valence-corrected chi connectivity index (χ1v) is 6.57. The fourth-order valence-electron chi connectivity index (χ4n) is 1.84. The van der Waals surface area contributed by atoms with Gasteiger partial charge in [0.15, 0.2) is 11.6 Å². The first kappa shape index (κ1) is 15.9. The molecule has 0 aliphatic carbocycles. The van der Waals surface area contributed by atoms with Gasteiger partial charge in [0.25, 0.3) is 0 Å². The molecule has 0 aromatic heterocycles. The molecule has 1 rings (SSSR count). The molecule has 108 valence electrons. The molecule has 1 unspecified atom stereocenters. The van der Waals surface area contributed by atoms with Gasteiger partial charge >= 0.3 is 0 Å². The third kappa shape index (κ3) is 5.55. The van der Waals surface area contributed by atoms with Gasteiger partial charge in [-0.3, -0.25) is 11.3 Å². The van der Waals surface area contributed by atoms with E-state index >= 15 is 0 Å². The molecule has 5 heteroatoms. The van der Waals surface area contributed by atoms with Crippen LogP contribution in [-0.4, -0.2) is 26.4 Å². The quantitative estimate of drug-likeness (QED) is 0.409. The van der Waals surface area contributed by atoms with Crippen LogP contribution >= 0.6 is 0 Å². The number of hydrogen-bond acceptors (Lipinski definition) is 4. The van der Waals surface area contributed by atoms with Crippen LogP contribution in [0.1, 0.15) is 25.3 Å². The van der Waals surface area contributed by atoms with Gasteiger partial charge in [-0.2, -0.15) is 0 Å². The van der Waals surface area contributed by atoms with E-state index in [4.69, 9.17) is 15.3 Å². The van der Waals surface area contributed by atoms with E-state index in [9.17, 15) is 4.39 Å². The van der Waals surface area contributed by atoms with Gasteiger partial charge in [-0.05, 0) is 37.0 Å². The standard InChI is InChI=1S/C14H23FN2O2/c1-3-7-19-8-6-12(17-16)9-11-4-5-14(18-2)13(15)10-11/h4-5,10,12,17H,3,6-9,16H2,1-2H3. The second kappa shape index (κ2) is 8.85. The normalized spacial score (nSPS) is 12.4. The van der Waals surface area contributed by atoms with Gasteiger partial charge in [-0.1, -0.05) is 13.0 Å². The summed E-state index contributed by atoms with van der Waals surface area (Å²) in [5, 5.41) is 0. The minimum absolute atomic E-state index is 0.0738. The Morgan fingerprint density at radius 2 is 2.16 bits per heavy atom. The summed E-state index contributed by atoms with van der Waals surface area (Å²) < 4.78 is 23.9. The van der Waals surface area contributed by atoms with Crippen molar-refractivity contribution in [3.63, 3.8) is 0 Å². The van der Waals surface area contributed by atoms with Crippen LogP contribution < -0.4 is 16.0 Å². The second-order valence-electron chi connectivity index (χ2n) is 4.44. The minimum atomic E-state index is -0.349.